The molecule has 212 valence electrons. The quantitative estimate of drug-likeness (QED) is 0.484. The molecule has 0 aromatic rings. The van der Waals surface area contributed by atoms with Crippen LogP contribution in [0.1, 0.15) is 78.6 Å². The lowest BCUT2D eigenvalue weighted by Crippen LogP contribution is -2.71. The Labute approximate surface area is 226 Å². The Morgan fingerprint density at radius 3 is 2.43 bits per heavy atom. The van der Waals surface area contributed by atoms with Gasteiger partial charge < -0.3 is 5.11 Å². The summed E-state index contributed by atoms with van der Waals surface area (Å²) in [6.07, 6.45) is 15.0. The van der Waals surface area contributed by atoms with Gasteiger partial charge in [0.2, 0.25) is 10.0 Å². The molecule has 2 saturated heterocycles. The third kappa shape index (κ3) is 5.45. The molecule has 7 nitrogen and oxygen atoms in total. The van der Waals surface area contributed by atoms with E-state index in [4.69, 9.17) is 0 Å². The molecular weight excluding hydrogens is 484 g/mol. The van der Waals surface area contributed by atoms with Gasteiger partial charge in [0, 0.05) is 44.8 Å². The minimum Gasteiger partial charge on any atom is -0.395 e. The molecule has 5 rings (SSSR count). The number of nitrogens with one attached hydrogen (secondary N) is 1. The Hall–Kier alpha value is -0.510. The third-order valence-corrected chi connectivity index (χ3v) is 13.3. The zero-order valence-electron chi connectivity index (χ0n) is 23.5. The second kappa shape index (κ2) is 11.9. The van der Waals surface area contributed by atoms with Crippen molar-refractivity contribution in [3.05, 3.63) is 12.2 Å². The third-order valence-electron chi connectivity index (χ3n) is 11.1. The van der Waals surface area contributed by atoms with Crippen molar-refractivity contribution in [1.82, 2.24) is 19.6 Å². The van der Waals surface area contributed by atoms with Crippen LogP contribution in [-0.2, 0) is 10.0 Å². The molecule has 3 heterocycles. The molecular formula is C29H52N4O3S. The highest BCUT2D eigenvalue weighted by Crippen LogP contribution is 2.49. The van der Waals surface area contributed by atoms with Crippen molar-refractivity contribution in [2.24, 2.45) is 35.5 Å². The number of hydrogen-bond donors (Lipinski definition) is 2. The van der Waals surface area contributed by atoms with Gasteiger partial charge in [-0.1, -0.05) is 45.8 Å². The first-order valence-electron chi connectivity index (χ1n) is 15.4. The van der Waals surface area contributed by atoms with Crippen LogP contribution in [0.15, 0.2) is 12.2 Å². The highest BCUT2D eigenvalue weighted by Gasteiger charge is 2.53. The Balaban J connectivity index is 1.28. The van der Waals surface area contributed by atoms with Crippen molar-refractivity contribution in [3.8, 4) is 0 Å². The highest BCUT2D eigenvalue weighted by atomic mass is 32.2. The summed E-state index contributed by atoms with van der Waals surface area (Å²) in [4.78, 5) is 2.39. The van der Waals surface area contributed by atoms with Crippen molar-refractivity contribution < 1.29 is 13.5 Å². The summed E-state index contributed by atoms with van der Waals surface area (Å²) in [5, 5.41) is 11.9. The van der Waals surface area contributed by atoms with Gasteiger partial charge in [-0.25, -0.2) is 13.4 Å². The zero-order valence-corrected chi connectivity index (χ0v) is 24.3. The predicted octanol–water partition coefficient (Wildman–Crippen LogP) is 3.67. The van der Waals surface area contributed by atoms with Gasteiger partial charge >= 0.3 is 0 Å². The molecule has 4 fully saturated rings. The summed E-state index contributed by atoms with van der Waals surface area (Å²) in [5.41, 5.74) is 3.29. The number of aliphatic hydroxyl groups is 1. The van der Waals surface area contributed by atoms with Crippen molar-refractivity contribution in [2.75, 3.05) is 39.3 Å². The first kappa shape index (κ1) is 28.0. The van der Waals surface area contributed by atoms with Crippen LogP contribution < -0.4 is 5.43 Å². The first-order chi connectivity index (χ1) is 17.9. The standard InChI is InChI=1S/C29H52N4O3S/c1-4-16-33-28(14-15-30-33)37(35,36)31-17-5-6-18-32-26(19-31)29(27(32)20-34)24-12-10-23(11-13-24)25-9-7-8-21(2)22(25)3/h5-6,21-30,34H,4,7-20H2,1-3H3/b6-5-/t21?,22?,23?,24?,25?,26?,27-,28?,29+/m1/s1. The molecule has 0 aromatic carbocycles. The van der Waals surface area contributed by atoms with Crippen molar-refractivity contribution >= 4 is 10.0 Å². The largest absolute Gasteiger partial charge is 0.395 e. The molecule has 0 bridgehead atoms. The van der Waals surface area contributed by atoms with E-state index in [1.807, 2.05) is 11.1 Å². The van der Waals surface area contributed by atoms with Gasteiger partial charge in [-0.15, -0.1) is 0 Å². The molecule has 2 saturated carbocycles. The number of hydrogen-bond acceptors (Lipinski definition) is 6. The molecule has 0 aromatic heterocycles. The molecule has 0 amide bonds. The molecule has 2 aliphatic carbocycles. The number of sulfonamides is 1. The Morgan fingerprint density at radius 1 is 0.973 bits per heavy atom. The van der Waals surface area contributed by atoms with Gasteiger partial charge in [-0.3, -0.25) is 10.3 Å². The van der Waals surface area contributed by atoms with Crippen LogP contribution in [-0.4, -0.2) is 84.5 Å². The van der Waals surface area contributed by atoms with E-state index >= 15 is 0 Å². The fourth-order valence-electron chi connectivity index (χ4n) is 8.86. The molecule has 5 unspecified atom stereocenters. The van der Waals surface area contributed by atoms with Gasteiger partial charge in [0.05, 0.1) is 6.61 Å². The summed E-state index contributed by atoms with van der Waals surface area (Å²) in [6, 6.07) is 0.373. The van der Waals surface area contributed by atoms with Gasteiger partial charge in [0.25, 0.3) is 0 Å². The molecule has 0 spiro atoms. The van der Waals surface area contributed by atoms with E-state index in [9.17, 15) is 13.5 Å². The number of nitrogens with zero attached hydrogens (tertiary/aromatic N) is 3. The topological polar surface area (TPSA) is 76.1 Å². The molecule has 5 aliphatic rings. The fraction of sp³-hybridized carbons (Fsp3) is 0.931. The maximum Gasteiger partial charge on any atom is 0.232 e. The highest BCUT2D eigenvalue weighted by molar-refractivity contribution is 7.89. The van der Waals surface area contributed by atoms with Crippen LogP contribution in [0.3, 0.4) is 0 Å². The van der Waals surface area contributed by atoms with Gasteiger partial charge in [0.15, 0.2) is 0 Å². The molecule has 3 aliphatic heterocycles. The number of rotatable bonds is 7. The van der Waals surface area contributed by atoms with E-state index in [2.05, 4.69) is 37.2 Å². The van der Waals surface area contributed by atoms with Crippen molar-refractivity contribution in [2.45, 2.75) is 96.0 Å². The second-order valence-electron chi connectivity index (χ2n) is 12.9. The van der Waals surface area contributed by atoms with E-state index in [1.165, 1.54) is 44.9 Å². The predicted molar refractivity (Wildman–Crippen MR) is 149 cm³/mol. The maximum absolute atomic E-state index is 13.9. The smallest absolute Gasteiger partial charge is 0.232 e. The maximum atomic E-state index is 13.9. The number of aliphatic hydroxyl groups excluding tert-OH is 1. The summed E-state index contributed by atoms with van der Waals surface area (Å²) < 4.78 is 29.5. The second-order valence-corrected chi connectivity index (χ2v) is 15.0. The monoisotopic (exact) mass is 536 g/mol. The lowest BCUT2D eigenvalue weighted by Gasteiger charge is -2.59. The average molecular weight is 537 g/mol. The first-order valence-corrected chi connectivity index (χ1v) is 16.9. The average Bonchev–Trinajstić information content (AvgIpc) is 3.35. The number of hydrazine groups is 1. The SMILES string of the molecule is CCCN1NCCC1S(=O)(=O)N1C/C=C\CN2C(C1)[C@H](C1CCC(C3CCCC(C)C3C)CC1)[C@H]2CO. The lowest BCUT2D eigenvalue weighted by atomic mass is 9.60. The van der Waals surface area contributed by atoms with E-state index in [1.54, 1.807) is 4.31 Å². The lowest BCUT2D eigenvalue weighted by molar-refractivity contribution is -0.114. The molecule has 0 radical (unpaired) electrons. The molecule has 7 atom stereocenters. The van der Waals surface area contributed by atoms with Crippen LogP contribution in [0, 0.1) is 35.5 Å². The van der Waals surface area contributed by atoms with E-state index < -0.39 is 15.4 Å². The van der Waals surface area contributed by atoms with Crippen molar-refractivity contribution in [3.63, 3.8) is 0 Å². The van der Waals surface area contributed by atoms with E-state index in [0.717, 1.165) is 49.7 Å². The van der Waals surface area contributed by atoms with Crippen molar-refractivity contribution in [1.29, 1.82) is 0 Å². The zero-order chi connectivity index (χ0) is 26.2. The molecule has 2 N–H and O–H groups in total. The van der Waals surface area contributed by atoms with Gasteiger partial charge in [0.1, 0.15) is 5.37 Å². The van der Waals surface area contributed by atoms with Crippen LogP contribution >= 0.6 is 0 Å². The fourth-order valence-corrected chi connectivity index (χ4v) is 10.8. The van der Waals surface area contributed by atoms with Crippen LogP contribution in [0.4, 0.5) is 0 Å². The summed E-state index contributed by atoms with van der Waals surface area (Å²) in [5.74, 6) is 4.43. The Morgan fingerprint density at radius 2 is 1.70 bits per heavy atom. The molecule has 8 heteroatoms. The minimum absolute atomic E-state index is 0.164. The van der Waals surface area contributed by atoms with E-state index in [-0.39, 0.29) is 18.7 Å². The van der Waals surface area contributed by atoms with Gasteiger partial charge in [-0.2, -0.15) is 4.31 Å². The summed E-state index contributed by atoms with van der Waals surface area (Å²) >= 11 is 0. The minimum atomic E-state index is -3.45. The van der Waals surface area contributed by atoms with Crippen LogP contribution in [0.5, 0.6) is 0 Å². The molecule has 37 heavy (non-hydrogen) atoms. The van der Waals surface area contributed by atoms with E-state index in [0.29, 0.717) is 31.3 Å². The Kier molecular flexibility index (Phi) is 9.04. The van der Waals surface area contributed by atoms with Gasteiger partial charge in [-0.05, 0) is 80.5 Å². The van der Waals surface area contributed by atoms with Crippen LogP contribution in [0.2, 0.25) is 0 Å². The van der Waals surface area contributed by atoms with Crippen LogP contribution in [0.25, 0.3) is 0 Å². The normalized spacial score (nSPS) is 43.5. The summed E-state index contributed by atoms with van der Waals surface area (Å²) in [7, 11) is -3.45. The summed E-state index contributed by atoms with van der Waals surface area (Å²) in [6.45, 7) is 10.5. The Bertz CT molecular complexity index is 890. The number of fused-ring (bicyclic) bond motifs is 1.